The van der Waals surface area contributed by atoms with Crippen LogP contribution in [0.4, 0.5) is 13.2 Å². The first-order valence-corrected chi connectivity index (χ1v) is 10.6. The Bertz CT molecular complexity index is 937. The highest BCUT2D eigenvalue weighted by Gasteiger charge is 2.32. The fraction of sp³-hybridized carbons (Fsp3) is 0.350. The molecular weight excluding hydrogens is 405 g/mol. The first-order valence-electron chi connectivity index (χ1n) is 9.16. The highest BCUT2D eigenvalue weighted by Crippen LogP contribution is 2.30. The van der Waals surface area contributed by atoms with Crippen molar-refractivity contribution < 1.29 is 26.4 Å². The summed E-state index contributed by atoms with van der Waals surface area (Å²) >= 11 is 0. The van der Waals surface area contributed by atoms with Gasteiger partial charge in [-0.25, -0.2) is 8.42 Å². The number of piperazine rings is 1. The molecule has 1 aliphatic heterocycles. The normalized spacial score (nSPS) is 16.7. The largest absolute Gasteiger partial charge is 0.416 e. The van der Waals surface area contributed by atoms with E-state index in [1.807, 2.05) is 11.0 Å². The van der Waals surface area contributed by atoms with Crippen molar-refractivity contribution in [2.24, 2.45) is 0 Å². The number of rotatable bonds is 6. The molecule has 0 aromatic heterocycles. The Morgan fingerprint density at radius 2 is 1.48 bits per heavy atom. The molecule has 0 spiro atoms. The number of carbonyl (C=O) groups excluding carboxylic acids is 1. The molecule has 0 atom stereocenters. The molecule has 1 aliphatic rings. The number of carbonyl (C=O) groups is 1. The summed E-state index contributed by atoms with van der Waals surface area (Å²) in [4.78, 5) is 14.0. The molecule has 0 bridgehead atoms. The molecule has 1 fully saturated rings. The molecule has 2 aromatic rings. The van der Waals surface area contributed by atoms with E-state index >= 15 is 0 Å². The second kappa shape index (κ2) is 8.64. The molecule has 0 radical (unpaired) electrons. The number of nitrogens with zero attached hydrogens (tertiary/aromatic N) is 2. The predicted octanol–water partition coefficient (Wildman–Crippen LogP) is 3.28. The Hall–Kier alpha value is -2.23. The number of alkyl halides is 3. The third-order valence-electron chi connectivity index (χ3n) is 4.90. The maximum absolute atomic E-state index is 12.7. The van der Waals surface area contributed by atoms with Crippen LogP contribution in [0.1, 0.15) is 22.3 Å². The van der Waals surface area contributed by atoms with Crippen LogP contribution in [-0.4, -0.2) is 56.1 Å². The lowest BCUT2D eigenvalue weighted by Gasteiger charge is -2.33. The van der Waals surface area contributed by atoms with Crippen molar-refractivity contribution in [1.29, 1.82) is 0 Å². The van der Waals surface area contributed by atoms with E-state index in [-0.39, 0.29) is 23.8 Å². The van der Waals surface area contributed by atoms with Gasteiger partial charge in [-0.1, -0.05) is 30.3 Å². The fourth-order valence-corrected chi connectivity index (χ4v) is 4.61. The van der Waals surface area contributed by atoms with Gasteiger partial charge in [-0.3, -0.25) is 4.79 Å². The van der Waals surface area contributed by atoms with Crippen LogP contribution in [0, 0.1) is 0 Å². The monoisotopic (exact) mass is 426 g/mol. The molecule has 0 aliphatic carbocycles. The van der Waals surface area contributed by atoms with Crippen LogP contribution in [0.5, 0.6) is 0 Å². The summed E-state index contributed by atoms with van der Waals surface area (Å²) in [7, 11) is -3.85. The first kappa shape index (κ1) is 21.5. The van der Waals surface area contributed by atoms with Gasteiger partial charge < -0.3 is 4.90 Å². The fourth-order valence-electron chi connectivity index (χ4n) is 3.19. The van der Waals surface area contributed by atoms with Crippen LogP contribution in [-0.2, 0) is 16.2 Å². The van der Waals surface area contributed by atoms with Crippen LogP contribution < -0.4 is 0 Å². The highest BCUT2D eigenvalue weighted by molar-refractivity contribution is 7.89. The lowest BCUT2D eigenvalue weighted by Crippen LogP contribution is -2.48. The van der Waals surface area contributed by atoms with E-state index in [9.17, 15) is 26.4 Å². The van der Waals surface area contributed by atoms with Gasteiger partial charge in [-0.15, -0.1) is 0 Å². The zero-order chi connectivity index (χ0) is 21.1. The number of halogens is 3. The molecule has 0 N–H and O–H groups in total. The molecule has 0 amide bonds. The number of hydrogen-bond donors (Lipinski definition) is 0. The van der Waals surface area contributed by atoms with Crippen molar-refractivity contribution in [1.82, 2.24) is 9.21 Å². The first-order chi connectivity index (χ1) is 13.7. The second-order valence-corrected chi connectivity index (χ2v) is 8.74. The van der Waals surface area contributed by atoms with E-state index in [2.05, 4.69) is 0 Å². The van der Waals surface area contributed by atoms with E-state index in [1.54, 1.807) is 24.3 Å². The van der Waals surface area contributed by atoms with Gasteiger partial charge in [0.05, 0.1) is 10.5 Å². The molecule has 0 saturated carbocycles. The van der Waals surface area contributed by atoms with Gasteiger partial charge in [0.15, 0.2) is 5.78 Å². The number of hydrogen-bond acceptors (Lipinski definition) is 4. The summed E-state index contributed by atoms with van der Waals surface area (Å²) in [5, 5.41) is 0. The molecule has 1 heterocycles. The van der Waals surface area contributed by atoms with Crippen LogP contribution >= 0.6 is 0 Å². The number of sulfonamides is 1. The summed E-state index contributed by atoms with van der Waals surface area (Å²) in [6.07, 6.45) is -4.17. The number of Topliss-reactive ketones (excluding diaryl/α,β-unsaturated/α-hetero) is 1. The van der Waals surface area contributed by atoms with Crippen molar-refractivity contribution in [3.63, 3.8) is 0 Å². The van der Waals surface area contributed by atoms with E-state index in [1.165, 1.54) is 4.31 Å². The Labute approximate surface area is 167 Å². The average molecular weight is 426 g/mol. The van der Waals surface area contributed by atoms with Gasteiger partial charge in [-0.05, 0) is 24.3 Å². The van der Waals surface area contributed by atoms with Crippen molar-refractivity contribution in [2.75, 3.05) is 32.7 Å². The van der Waals surface area contributed by atoms with Crippen molar-refractivity contribution in [3.05, 3.63) is 65.7 Å². The molecule has 3 rings (SSSR count). The molecule has 0 unspecified atom stereocenters. The Morgan fingerprint density at radius 1 is 0.897 bits per heavy atom. The summed E-state index contributed by atoms with van der Waals surface area (Å²) in [5.41, 5.74) is -0.236. The molecule has 5 nitrogen and oxygen atoms in total. The minimum atomic E-state index is -4.51. The second-order valence-electron chi connectivity index (χ2n) is 6.81. The standard InChI is InChI=1S/C20H21F3N2O3S/c21-20(22,23)17-6-8-18(9-7-17)29(27,28)25-14-12-24(13-15-25)11-10-19(26)16-4-2-1-3-5-16/h1-9H,10-15H2. The topological polar surface area (TPSA) is 57.7 Å². The third kappa shape index (κ3) is 5.23. The van der Waals surface area contributed by atoms with Gasteiger partial charge in [0.2, 0.25) is 10.0 Å². The Kier molecular flexibility index (Phi) is 6.40. The van der Waals surface area contributed by atoms with E-state index in [0.29, 0.717) is 31.6 Å². The Balaban J connectivity index is 1.55. The molecule has 29 heavy (non-hydrogen) atoms. The van der Waals surface area contributed by atoms with Gasteiger partial charge in [0, 0.05) is 44.7 Å². The van der Waals surface area contributed by atoms with Crippen molar-refractivity contribution in [2.45, 2.75) is 17.5 Å². The van der Waals surface area contributed by atoms with Gasteiger partial charge >= 0.3 is 6.18 Å². The van der Waals surface area contributed by atoms with Gasteiger partial charge in [0.1, 0.15) is 0 Å². The van der Waals surface area contributed by atoms with Gasteiger partial charge in [0.25, 0.3) is 0 Å². The molecule has 1 saturated heterocycles. The van der Waals surface area contributed by atoms with Crippen LogP contribution in [0.3, 0.4) is 0 Å². The molecule has 2 aromatic carbocycles. The number of benzene rings is 2. The van der Waals surface area contributed by atoms with Crippen molar-refractivity contribution in [3.8, 4) is 0 Å². The average Bonchev–Trinajstić information content (AvgIpc) is 2.72. The predicted molar refractivity (Wildman–Crippen MR) is 102 cm³/mol. The minimum Gasteiger partial charge on any atom is -0.300 e. The molecule has 156 valence electrons. The zero-order valence-corrected chi connectivity index (χ0v) is 16.4. The minimum absolute atomic E-state index is 0.0328. The van der Waals surface area contributed by atoms with Crippen molar-refractivity contribution >= 4 is 15.8 Å². The summed E-state index contributed by atoms with van der Waals surface area (Å²) in [6, 6.07) is 12.5. The molecule has 9 heteroatoms. The SMILES string of the molecule is O=C(CCN1CCN(S(=O)(=O)c2ccc(C(F)(F)F)cc2)CC1)c1ccccc1. The smallest absolute Gasteiger partial charge is 0.300 e. The Morgan fingerprint density at radius 3 is 2.03 bits per heavy atom. The van der Waals surface area contributed by atoms with Gasteiger partial charge in [-0.2, -0.15) is 17.5 Å². The van der Waals surface area contributed by atoms with Crippen LogP contribution in [0.2, 0.25) is 0 Å². The lowest BCUT2D eigenvalue weighted by molar-refractivity contribution is -0.137. The highest BCUT2D eigenvalue weighted by atomic mass is 32.2. The van der Waals surface area contributed by atoms with Crippen LogP contribution in [0.25, 0.3) is 0 Å². The lowest BCUT2D eigenvalue weighted by atomic mass is 10.1. The summed E-state index contributed by atoms with van der Waals surface area (Å²) < 4.78 is 64.6. The third-order valence-corrected chi connectivity index (χ3v) is 6.81. The zero-order valence-electron chi connectivity index (χ0n) is 15.6. The number of ketones is 1. The maximum atomic E-state index is 12.7. The maximum Gasteiger partial charge on any atom is 0.416 e. The van der Waals surface area contributed by atoms with E-state index < -0.39 is 21.8 Å². The van der Waals surface area contributed by atoms with Crippen LogP contribution in [0.15, 0.2) is 59.5 Å². The van der Waals surface area contributed by atoms with E-state index in [0.717, 1.165) is 24.3 Å². The summed E-state index contributed by atoms with van der Waals surface area (Å²) in [5.74, 6) is 0.0328. The quantitative estimate of drug-likeness (QED) is 0.666. The molecular formula is C20H21F3N2O3S. The summed E-state index contributed by atoms with van der Waals surface area (Å²) in [6.45, 7) is 1.90. The van der Waals surface area contributed by atoms with E-state index in [4.69, 9.17) is 0 Å².